The van der Waals surface area contributed by atoms with Gasteiger partial charge in [0, 0.05) is 17.3 Å². The first-order valence-electron chi connectivity index (χ1n) is 9.35. The molecule has 0 unspecified atom stereocenters. The lowest BCUT2D eigenvalue weighted by atomic mass is 9.46. The minimum absolute atomic E-state index is 0.162. The molecule has 0 bridgehead atoms. The molecule has 0 aliphatic heterocycles. The molecule has 0 aromatic heterocycles. The molecular formula is C20H28Cl2O2. The number of ketones is 1. The number of hydrogen-bond donors (Lipinski definition) is 1. The van der Waals surface area contributed by atoms with Crippen LogP contribution in [-0.4, -0.2) is 26.7 Å². The van der Waals surface area contributed by atoms with E-state index in [1.165, 1.54) is 5.57 Å². The predicted molar refractivity (Wildman–Crippen MR) is 97.5 cm³/mol. The molecule has 4 heteroatoms. The first-order valence-corrected chi connectivity index (χ1v) is 10.2. The average Bonchev–Trinajstić information content (AvgIpc) is 2.72. The van der Waals surface area contributed by atoms with Gasteiger partial charge in [0.15, 0.2) is 5.78 Å². The van der Waals surface area contributed by atoms with Crippen molar-refractivity contribution in [2.75, 3.05) is 0 Å². The Morgan fingerprint density at radius 3 is 2.54 bits per heavy atom. The van der Waals surface area contributed by atoms with E-state index >= 15 is 0 Å². The lowest BCUT2D eigenvalue weighted by molar-refractivity contribution is -0.119. The topological polar surface area (TPSA) is 37.3 Å². The molecule has 4 aliphatic rings. The third-order valence-corrected chi connectivity index (χ3v) is 10.1. The van der Waals surface area contributed by atoms with Crippen LogP contribution in [0.4, 0.5) is 0 Å². The van der Waals surface area contributed by atoms with E-state index in [-0.39, 0.29) is 22.0 Å². The number of carbonyl (C=O) groups excluding carboxylic acids is 1. The van der Waals surface area contributed by atoms with Gasteiger partial charge in [-0.1, -0.05) is 19.4 Å². The van der Waals surface area contributed by atoms with Gasteiger partial charge in [-0.05, 0) is 63.4 Å². The van der Waals surface area contributed by atoms with Gasteiger partial charge < -0.3 is 5.11 Å². The van der Waals surface area contributed by atoms with Gasteiger partial charge in [-0.3, -0.25) is 4.79 Å². The molecule has 4 rings (SSSR count). The lowest BCUT2D eigenvalue weighted by Crippen LogP contribution is -2.66. The van der Waals surface area contributed by atoms with Gasteiger partial charge in [-0.15, -0.1) is 23.2 Å². The maximum atomic E-state index is 11.9. The fraction of sp³-hybridized carbons (Fsp3) is 0.850. The molecule has 0 saturated heterocycles. The summed E-state index contributed by atoms with van der Waals surface area (Å²) >= 11 is 14.5. The van der Waals surface area contributed by atoms with Gasteiger partial charge in [0.1, 0.15) is 0 Å². The van der Waals surface area contributed by atoms with Crippen LogP contribution in [0.2, 0.25) is 0 Å². The van der Waals surface area contributed by atoms with Gasteiger partial charge in [0.25, 0.3) is 0 Å². The Hall–Kier alpha value is -0.0500. The molecule has 134 valence electrons. The van der Waals surface area contributed by atoms with Crippen LogP contribution in [0, 0.1) is 22.7 Å². The summed E-state index contributed by atoms with van der Waals surface area (Å²) in [6.07, 6.45) is 7.77. The van der Waals surface area contributed by atoms with Crippen molar-refractivity contribution < 1.29 is 9.90 Å². The second-order valence-electron chi connectivity index (χ2n) is 9.39. The highest BCUT2D eigenvalue weighted by molar-refractivity contribution is 6.33. The van der Waals surface area contributed by atoms with E-state index in [1.54, 1.807) is 0 Å². The van der Waals surface area contributed by atoms with Crippen LogP contribution in [0.3, 0.4) is 0 Å². The van der Waals surface area contributed by atoms with E-state index < -0.39 is 10.5 Å². The fourth-order valence-electron chi connectivity index (χ4n) is 6.72. The van der Waals surface area contributed by atoms with Crippen molar-refractivity contribution in [3.8, 4) is 0 Å². The van der Waals surface area contributed by atoms with Gasteiger partial charge in [-0.2, -0.15) is 0 Å². The third kappa shape index (κ3) is 1.86. The minimum atomic E-state index is -0.664. The molecule has 3 saturated carbocycles. The highest BCUT2D eigenvalue weighted by atomic mass is 35.5. The summed E-state index contributed by atoms with van der Waals surface area (Å²) in [6.45, 7) is 6.43. The highest BCUT2D eigenvalue weighted by Crippen LogP contribution is 2.71. The van der Waals surface area contributed by atoms with Crippen LogP contribution >= 0.6 is 23.2 Å². The molecule has 4 aliphatic carbocycles. The van der Waals surface area contributed by atoms with Crippen LogP contribution in [0.1, 0.15) is 65.7 Å². The van der Waals surface area contributed by atoms with Crippen molar-refractivity contribution in [2.24, 2.45) is 22.7 Å². The molecule has 0 spiro atoms. The van der Waals surface area contributed by atoms with Gasteiger partial charge in [-0.25, -0.2) is 0 Å². The zero-order chi connectivity index (χ0) is 17.5. The molecule has 0 aromatic rings. The first-order chi connectivity index (χ1) is 11.1. The standard InChI is InChI=1S/C20H28Cl2O2/c1-17-8-6-13(23)10-12(17)4-5-15-14-7-9-19(3,24)18(14,2)11-16(21)20(15,17)22/h10,14-16,24H,4-9,11H2,1-3H3/t14-,15-,16-,17-,18-,19-,20-/m0/s1. The summed E-state index contributed by atoms with van der Waals surface area (Å²) in [5, 5.41) is 10.8. The lowest BCUT2D eigenvalue weighted by Gasteiger charge is -2.64. The number of alkyl halides is 2. The van der Waals surface area contributed by atoms with Crippen LogP contribution in [0.5, 0.6) is 0 Å². The summed E-state index contributed by atoms with van der Waals surface area (Å²) < 4.78 is 0. The Labute approximate surface area is 155 Å². The van der Waals surface area contributed by atoms with E-state index in [2.05, 4.69) is 13.8 Å². The zero-order valence-corrected chi connectivity index (χ0v) is 16.4. The van der Waals surface area contributed by atoms with Crippen LogP contribution in [0.15, 0.2) is 11.6 Å². The Morgan fingerprint density at radius 1 is 1.12 bits per heavy atom. The van der Waals surface area contributed by atoms with Gasteiger partial charge in [0.2, 0.25) is 0 Å². The van der Waals surface area contributed by atoms with E-state index in [1.807, 2.05) is 13.0 Å². The fourth-order valence-corrected chi connectivity index (χ4v) is 8.00. The third-order valence-electron chi connectivity index (χ3n) is 8.56. The molecule has 0 heterocycles. The SMILES string of the molecule is C[C@]1(O)CC[C@H]2[C@@H]3CCC4=CC(=O)CC[C@]4(C)[C@@]3(Cl)[C@@H](Cl)C[C@@]21C. The molecule has 0 radical (unpaired) electrons. The van der Waals surface area contributed by atoms with E-state index in [0.717, 1.165) is 38.5 Å². The number of rotatable bonds is 0. The minimum Gasteiger partial charge on any atom is -0.390 e. The Kier molecular flexibility index (Phi) is 3.63. The van der Waals surface area contributed by atoms with Crippen molar-refractivity contribution in [3.05, 3.63) is 11.6 Å². The monoisotopic (exact) mass is 370 g/mol. The Balaban J connectivity index is 1.82. The Bertz CT molecular complexity index is 627. The maximum absolute atomic E-state index is 11.9. The number of fused-ring (bicyclic) bond motifs is 5. The number of halogens is 2. The quantitative estimate of drug-likeness (QED) is 0.618. The maximum Gasteiger partial charge on any atom is 0.155 e. The largest absolute Gasteiger partial charge is 0.390 e. The summed E-state index contributed by atoms with van der Waals surface area (Å²) in [6, 6.07) is 0. The second-order valence-corrected chi connectivity index (χ2v) is 10.5. The molecule has 7 atom stereocenters. The van der Waals surface area contributed by atoms with Crippen molar-refractivity contribution in [2.45, 2.75) is 81.6 Å². The zero-order valence-electron chi connectivity index (χ0n) is 14.9. The van der Waals surface area contributed by atoms with Crippen LogP contribution in [-0.2, 0) is 4.79 Å². The normalized spacial score (nSPS) is 57.0. The van der Waals surface area contributed by atoms with E-state index in [0.29, 0.717) is 18.3 Å². The van der Waals surface area contributed by atoms with E-state index in [9.17, 15) is 9.90 Å². The number of carbonyl (C=O) groups is 1. The van der Waals surface area contributed by atoms with Crippen molar-refractivity contribution in [1.82, 2.24) is 0 Å². The number of aliphatic hydroxyl groups is 1. The first kappa shape index (κ1) is 17.4. The molecular weight excluding hydrogens is 343 g/mol. The average molecular weight is 371 g/mol. The number of allylic oxidation sites excluding steroid dienone is 1. The molecule has 0 aromatic carbocycles. The summed E-state index contributed by atoms with van der Waals surface area (Å²) in [4.78, 5) is 11.4. The van der Waals surface area contributed by atoms with Gasteiger partial charge >= 0.3 is 0 Å². The van der Waals surface area contributed by atoms with Crippen molar-refractivity contribution in [3.63, 3.8) is 0 Å². The summed E-state index contributed by atoms with van der Waals surface area (Å²) in [7, 11) is 0. The predicted octanol–water partition coefficient (Wildman–Crippen LogP) is 4.85. The molecule has 0 amide bonds. The van der Waals surface area contributed by atoms with Crippen molar-refractivity contribution in [1.29, 1.82) is 0 Å². The van der Waals surface area contributed by atoms with E-state index in [4.69, 9.17) is 23.2 Å². The van der Waals surface area contributed by atoms with Crippen molar-refractivity contribution >= 4 is 29.0 Å². The molecule has 1 N–H and O–H groups in total. The number of hydrogen-bond acceptors (Lipinski definition) is 2. The van der Waals surface area contributed by atoms with Crippen LogP contribution in [0.25, 0.3) is 0 Å². The highest BCUT2D eigenvalue weighted by Gasteiger charge is 2.70. The molecule has 3 fully saturated rings. The molecule has 2 nitrogen and oxygen atoms in total. The summed E-state index contributed by atoms with van der Waals surface area (Å²) in [5.41, 5.74) is 0.185. The van der Waals surface area contributed by atoms with Crippen LogP contribution < -0.4 is 0 Å². The second kappa shape index (κ2) is 5.02. The summed E-state index contributed by atoms with van der Waals surface area (Å²) in [5.74, 6) is 0.956. The Morgan fingerprint density at radius 2 is 1.83 bits per heavy atom. The smallest absolute Gasteiger partial charge is 0.155 e. The van der Waals surface area contributed by atoms with Gasteiger partial charge in [0.05, 0.1) is 15.9 Å². The molecule has 24 heavy (non-hydrogen) atoms.